The van der Waals surface area contributed by atoms with Crippen molar-refractivity contribution in [3.8, 4) is 0 Å². The molecular weight excluding hydrogens is 246 g/mol. The molecule has 1 aromatic rings. The molecule has 0 fully saturated rings. The first kappa shape index (κ1) is 10.7. The van der Waals surface area contributed by atoms with Crippen molar-refractivity contribution in [1.29, 1.82) is 0 Å². The third-order valence-corrected chi connectivity index (χ3v) is 2.33. The Morgan fingerprint density at radius 3 is 2.71 bits per heavy atom. The summed E-state index contributed by atoms with van der Waals surface area (Å²) in [4.78, 5) is 14.6. The molecule has 0 aliphatic rings. The Bertz CT molecular complexity index is 421. The van der Waals surface area contributed by atoms with E-state index < -0.39 is 5.97 Å². The predicted octanol–water partition coefficient (Wildman–Crippen LogP) is 3.09. The molecule has 0 saturated heterocycles. The maximum atomic E-state index is 11.3. The van der Waals surface area contributed by atoms with Crippen molar-refractivity contribution < 1.29 is 9.53 Å². The lowest BCUT2D eigenvalue weighted by atomic mass is 10.1. The van der Waals surface area contributed by atoms with Crippen LogP contribution < -0.4 is 0 Å². The highest BCUT2D eigenvalue weighted by Gasteiger charge is 2.13. The number of benzene rings is 1. The summed E-state index contributed by atoms with van der Waals surface area (Å²) in [7, 11) is 1.32. The maximum absolute atomic E-state index is 11.3. The monoisotopic (exact) mass is 253 g/mol. The Balaban J connectivity index is 3.38. The van der Waals surface area contributed by atoms with Gasteiger partial charge in [0.15, 0.2) is 5.69 Å². The van der Waals surface area contributed by atoms with Gasteiger partial charge in [-0.25, -0.2) is 9.64 Å². The lowest BCUT2D eigenvalue weighted by Crippen LogP contribution is -2.03. The number of nitrogens with zero attached hydrogens (tertiary/aromatic N) is 1. The molecule has 0 atom stereocenters. The second-order valence-corrected chi connectivity index (χ2v) is 3.62. The Hall–Kier alpha value is -1.34. The van der Waals surface area contributed by atoms with Gasteiger partial charge in [0.25, 0.3) is 0 Å². The second-order valence-electron chi connectivity index (χ2n) is 2.70. The molecule has 0 amide bonds. The maximum Gasteiger partial charge on any atom is 0.336 e. The summed E-state index contributed by atoms with van der Waals surface area (Å²) in [6.07, 6.45) is 0. The summed E-state index contributed by atoms with van der Waals surface area (Å²) in [5, 5.41) is 0. The van der Waals surface area contributed by atoms with Gasteiger partial charge in [0, 0.05) is 4.47 Å². The Morgan fingerprint density at radius 2 is 2.21 bits per heavy atom. The molecule has 4 heteroatoms. The van der Waals surface area contributed by atoms with Crippen molar-refractivity contribution in [2.24, 2.45) is 0 Å². The number of halogens is 1. The summed E-state index contributed by atoms with van der Waals surface area (Å²) in [6.45, 7) is 8.66. The van der Waals surface area contributed by atoms with Gasteiger partial charge in [-0.2, -0.15) is 0 Å². The summed E-state index contributed by atoms with van der Waals surface area (Å²) in [5.74, 6) is -0.423. The number of carbonyl (C=O) groups is 1. The lowest BCUT2D eigenvalue weighted by molar-refractivity contribution is 0.0600. The first-order chi connectivity index (χ1) is 6.60. The molecule has 1 rings (SSSR count). The fourth-order valence-electron chi connectivity index (χ4n) is 1.10. The third kappa shape index (κ3) is 1.94. The van der Waals surface area contributed by atoms with E-state index >= 15 is 0 Å². The molecule has 0 bridgehead atoms. The van der Waals surface area contributed by atoms with Gasteiger partial charge in [-0.15, -0.1) is 0 Å². The molecule has 1 aromatic carbocycles. The van der Waals surface area contributed by atoms with Crippen molar-refractivity contribution in [2.45, 2.75) is 6.92 Å². The van der Waals surface area contributed by atoms with E-state index in [1.807, 2.05) is 0 Å². The number of esters is 1. The molecule has 3 nitrogen and oxygen atoms in total. The molecule has 0 spiro atoms. The Labute approximate surface area is 90.6 Å². The van der Waals surface area contributed by atoms with Crippen molar-refractivity contribution in [2.75, 3.05) is 7.11 Å². The first-order valence-electron chi connectivity index (χ1n) is 3.86. The van der Waals surface area contributed by atoms with Crippen LogP contribution in [-0.4, -0.2) is 13.1 Å². The molecule has 0 aliphatic carbocycles. The summed E-state index contributed by atoms with van der Waals surface area (Å²) in [6, 6.07) is 3.32. The van der Waals surface area contributed by atoms with Crippen molar-refractivity contribution in [3.05, 3.63) is 39.1 Å². The van der Waals surface area contributed by atoms with Gasteiger partial charge < -0.3 is 4.74 Å². The predicted molar refractivity (Wildman–Crippen MR) is 56.5 cm³/mol. The van der Waals surface area contributed by atoms with Crippen LogP contribution in [0, 0.1) is 13.5 Å². The van der Waals surface area contributed by atoms with Gasteiger partial charge in [0.2, 0.25) is 0 Å². The number of rotatable bonds is 1. The molecule has 0 radical (unpaired) electrons. The van der Waals surface area contributed by atoms with Gasteiger partial charge in [0.1, 0.15) is 0 Å². The second kappa shape index (κ2) is 4.25. The third-order valence-electron chi connectivity index (χ3n) is 1.87. The van der Waals surface area contributed by atoms with E-state index in [0.29, 0.717) is 21.3 Å². The number of methoxy groups -OCH3 is 1. The van der Waals surface area contributed by atoms with Crippen molar-refractivity contribution in [1.82, 2.24) is 0 Å². The minimum absolute atomic E-state index is 0.423. The van der Waals surface area contributed by atoms with E-state index in [0.717, 1.165) is 0 Å². The van der Waals surface area contributed by atoms with E-state index in [1.54, 1.807) is 19.1 Å². The first-order valence-corrected chi connectivity index (χ1v) is 4.65. The van der Waals surface area contributed by atoms with Crippen LogP contribution >= 0.6 is 15.9 Å². The van der Waals surface area contributed by atoms with Crippen LogP contribution in [-0.2, 0) is 4.74 Å². The van der Waals surface area contributed by atoms with Gasteiger partial charge in [-0.3, -0.25) is 0 Å². The molecule has 0 unspecified atom stereocenters. The average Bonchev–Trinajstić information content (AvgIpc) is 2.19. The van der Waals surface area contributed by atoms with Gasteiger partial charge >= 0.3 is 5.97 Å². The van der Waals surface area contributed by atoms with E-state index in [1.165, 1.54) is 7.11 Å². The van der Waals surface area contributed by atoms with Crippen LogP contribution in [0.25, 0.3) is 4.85 Å². The molecule has 14 heavy (non-hydrogen) atoms. The molecular formula is C10H8BrNO2. The van der Waals surface area contributed by atoms with Crippen molar-refractivity contribution in [3.63, 3.8) is 0 Å². The zero-order chi connectivity index (χ0) is 10.7. The smallest absolute Gasteiger partial charge is 0.336 e. The molecule has 0 aromatic heterocycles. The lowest BCUT2D eigenvalue weighted by Gasteiger charge is -2.06. The van der Waals surface area contributed by atoms with Crippen LogP contribution in [0.4, 0.5) is 5.69 Å². The highest BCUT2D eigenvalue weighted by molar-refractivity contribution is 9.10. The molecule has 72 valence electrons. The van der Waals surface area contributed by atoms with Gasteiger partial charge in [-0.05, 0) is 24.6 Å². The number of hydrogen-bond donors (Lipinski definition) is 0. The summed E-state index contributed by atoms with van der Waals surface area (Å²) >= 11 is 3.23. The normalized spacial score (nSPS) is 9.29. The highest BCUT2D eigenvalue weighted by atomic mass is 79.9. The standard InChI is InChI=1S/C10H8BrNO2/c1-6-8(10(13)14-3)4-7(11)5-9(6)12-2/h4-5H,1,3H3. The number of ether oxygens (including phenoxy) is 1. The number of carbonyl (C=O) groups excluding carboxylic acids is 1. The van der Waals surface area contributed by atoms with E-state index in [2.05, 4.69) is 25.5 Å². The minimum Gasteiger partial charge on any atom is -0.465 e. The summed E-state index contributed by atoms with van der Waals surface area (Å²) < 4.78 is 5.31. The SMILES string of the molecule is [C-]#[N+]c1cc(Br)cc(C(=O)OC)c1C. The van der Waals surface area contributed by atoms with Crippen LogP contribution in [0.5, 0.6) is 0 Å². The fourth-order valence-corrected chi connectivity index (χ4v) is 1.55. The summed E-state index contributed by atoms with van der Waals surface area (Å²) in [5.41, 5.74) is 1.53. The van der Waals surface area contributed by atoms with Crippen LogP contribution in [0.1, 0.15) is 15.9 Å². The van der Waals surface area contributed by atoms with E-state index in [4.69, 9.17) is 6.57 Å². The van der Waals surface area contributed by atoms with Crippen molar-refractivity contribution >= 4 is 27.6 Å². The molecule has 0 N–H and O–H groups in total. The average molecular weight is 254 g/mol. The van der Waals surface area contributed by atoms with Crippen LogP contribution in [0.2, 0.25) is 0 Å². The number of hydrogen-bond acceptors (Lipinski definition) is 2. The van der Waals surface area contributed by atoms with E-state index in [9.17, 15) is 4.79 Å². The Kier molecular flexibility index (Phi) is 3.26. The zero-order valence-electron chi connectivity index (χ0n) is 7.80. The largest absolute Gasteiger partial charge is 0.465 e. The van der Waals surface area contributed by atoms with Gasteiger partial charge in [0.05, 0.1) is 19.2 Å². The zero-order valence-corrected chi connectivity index (χ0v) is 9.38. The molecule has 0 heterocycles. The minimum atomic E-state index is -0.423. The Morgan fingerprint density at radius 1 is 1.57 bits per heavy atom. The van der Waals surface area contributed by atoms with E-state index in [-0.39, 0.29) is 0 Å². The molecule has 0 saturated carbocycles. The van der Waals surface area contributed by atoms with Gasteiger partial charge in [-0.1, -0.05) is 15.9 Å². The quantitative estimate of drug-likeness (QED) is 0.569. The fraction of sp³-hybridized carbons (Fsp3) is 0.200. The topological polar surface area (TPSA) is 30.7 Å². The molecule has 0 aliphatic heterocycles. The highest BCUT2D eigenvalue weighted by Crippen LogP contribution is 2.27. The van der Waals surface area contributed by atoms with Crippen LogP contribution in [0.15, 0.2) is 16.6 Å². The van der Waals surface area contributed by atoms with Crippen LogP contribution in [0.3, 0.4) is 0 Å².